The van der Waals surface area contributed by atoms with Gasteiger partial charge in [-0.05, 0) is 38.4 Å². The molecule has 7 nitrogen and oxygen atoms in total. The molecule has 0 aliphatic carbocycles. The summed E-state index contributed by atoms with van der Waals surface area (Å²) in [5, 5.41) is 0.890. The topological polar surface area (TPSA) is 58.1 Å². The third-order valence-corrected chi connectivity index (χ3v) is 5.36. The molecular weight excluding hydrogens is 411 g/mol. The first-order chi connectivity index (χ1) is 15.3. The second kappa shape index (κ2) is 9.00. The SMILES string of the molecule is CN(C)CCN(Cc1cc2cc3c(cc2nc1N(C)C)OCO3)C(=O)c1ccccc1F. The summed E-state index contributed by atoms with van der Waals surface area (Å²) in [6.45, 7) is 1.59. The number of likely N-dealkylation sites (N-methyl/N-ethyl adjacent to an activating group) is 1. The standard InChI is InChI=1S/C24H27FN4O3/c1-27(2)9-10-29(24(30)18-7-5-6-8-19(18)25)14-17-11-16-12-21-22(32-15-31-21)13-20(16)26-23(17)28(3)4/h5-8,11-13H,9-10,14-15H2,1-4H3. The number of aromatic nitrogens is 1. The van der Waals surface area contributed by atoms with Crippen molar-refractivity contribution in [3.05, 3.63) is 59.4 Å². The molecule has 1 amide bonds. The van der Waals surface area contributed by atoms with Gasteiger partial charge in [0.15, 0.2) is 11.5 Å². The minimum absolute atomic E-state index is 0.0646. The first-order valence-corrected chi connectivity index (χ1v) is 10.4. The Labute approximate surface area is 187 Å². The lowest BCUT2D eigenvalue weighted by Gasteiger charge is -2.27. The summed E-state index contributed by atoms with van der Waals surface area (Å²) in [4.78, 5) is 23.7. The van der Waals surface area contributed by atoms with Crippen LogP contribution >= 0.6 is 0 Å². The van der Waals surface area contributed by atoms with Gasteiger partial charge in [0.1, 0.15) is 11.6 Å². The van der Waals surface area contributed by atoms with Crippen molar-refractivity contribution in [1.82, 2.24) is 14.8 Å². The fourth-order valence-corrected chi connectivity index (χ4v) is 3.68. The van der Waals surface area contributed by atoms with Crippen LogP contribution in [0.2, 0.25) is 0 Å². The van der Waals surface area contributed by atoms with Crippen LogP contribution in [0.5, 0.6) is 11.5 Å². The zero-order valence-electron chi connectivity index (χ0n) is 18.8. The van der Waals surface area contributed by atoms with E-state index in [1.807, 2.05) is 56.2 Å². The molecule has 1 aromatic heterocycles. The van der Waals surface area contributed by atoms with E-state index in [0.29, 0.717) is 31.1 Å². The van der Waals surface area contributed by atoms with E-state index in [1.165, 1.54) is 12.1 Å². The molecule has 2 heterocycles. The Morgan fingerprint density at radius 1 is 1.03 bits per heavy atom. The molecule has 0 N–H and O–H groups in total. The Kier molecular flexibility index (Phi) is 6.14. The Bertz CT molecular complexity index is 1150. The zero-order chi connectivity index (χ0) is 22.8. The second-order valence-corrected chi connectivity index (χ2v) is 8.27. The molecule has 0 unspecified atom stereocenters. The van der Waals surface area contributed by atoms with Crippen molar-refractivity contribution in [3.8, 4) is 11.5 Å². The van der Waals surface area contributed by atoms with E-state index in [-0.39, 0.29) is 18.3 Å². The minimum atomic E-state index is -0.524. The average molecular weight is 439 g/mol. The van der Waals surface area contributed by atoms with Crippen LogP contribution in [0.3, 0.4) is 0 Å². The maximum atomic E-state index is 14.4. The number of rotatable bonds is 7. The van der Waals surface area contributed by atoms with Crippen LogP contribution in [0.25, 0.3) is 10.9 Å². The van der Waals surface area contributed by atoms with Gasteiger partial charge in [0.25, 0.3) is 5.91 Å². The fraction of sp³-hybridized carbons (Fsp3) is 0.333. The first kappa shape index (κ1) is 21.8. The van der Waals surface area contributed by atoms with Gasteiger partial charge in [-0.2, -0.15) is 0 Å². The lowest BCUT2D eigenvalue weighted by atomic mass is 10.1. The van der Waals surface area contributed by atoms with Crippen LogP contribution in [-0.4, -0.2) is 68.8 Å². The summed E-state index contributed by atoms with van der Waals surface area (Å²) in [6.07, 6.45) is 0. The van der Waals surface area contributed by atoms with E-state index < -0.39 is 5.82 Å². The first-order valence-electron chi connectivity index (χ1n) is 10.4. The van der Waals surface area contributed by atoms with Gasteiger partial charge in [0, 0.05) is 50.7 Å². The predicted octanol–water partition coefficient (Wildman–Crippen LogP) is 3.37. The van der Waals surface area contributed by atoms with Crippen LogP contribution in [-0.2, 0) is 6.54 Å². The molecule has 168 valence electrons. The molecule has 8 heteroatoms. The number of amides is 1. The number of hydrogen-bond donors (Lipinski definition) is 0. The second-order valence-electron chi connectivity index (χ2n) is 8.27. The van der Waals surface area contributed by atoms with Crippen LogP contribution in [0.15, 0.2) is 42.5 Å². The molecule has 1 aliphatic rings. The molecular formula is C24H27FN4O3. The molecule has 0 bridgehead atoms. The quantitative estimate of drug-likeness (QED) is 0.564. The summed E-state index contributed by atoms with van der Waals surface area (Å²) in [6, 6.07) is 11.9. The van der Waals surface area contributed by atoms with Gasteiger partial charge in [-0.25, -0.2) is 9.37 Å². The Morgan fingerprint density at radius 2 is 1.75 bits per heavy atom. The van der Waals surface area contributed by atoms with Crippen LogP contribution in [0.4, 0.5) is 10.2 Å². The van der Waals surface area contributed by atoms with E-state index in [1.54, 1.807) is 17.0 Å². The summed E-state index contributed by atoms with van der Waals surface area (Å²) in [5.74, 6) is 1.22. The molecule has 1 aliphatic heterocycles. The Hall–Kier alpha value is -3.39. The van der Waals surface area contributed by atoms with E-state index in [9.17, 15) is 9.18 Å². The van der Waals surface area contributed by atoms with Gasteiger partial charge in [0.05, 0.1) is 11.1 Å². The fourth-order valence-electron chi connectivity index (χ4n) is 3.68. The van der Waals surface area contributed by atoms with E-state index in [4.69, 9.17) is 14.5 Å². The van der Waals surface area contributed by atoms with Crippen molar-refractivity contribution in [1.29, 1.82) is 0 Å². The van der Waals surface area contributed by atoms with Crippen molar-refractivity contribution < 1.29 is 18.7 Å². The number of halogens is 1. The van der Waals surface area contributed by atoms with Crippen LogP contribution in [0, 0.1) is 5.82 Å². The molecule has 4 rings (SSSR count). The Morgan fingerprint density at radius 3 is 2.44 bits per heavy atom. The van der Waals surface area contributed by atoms with Crippen molar-refractivity contribution in [3.63, 3.8) is 0 Å². The number of anilines is 1. The van der Waals surface area contributed by atoms with E-state index in [2.05, 4.69) is 0 Å². The summed E-state index contributed by atoms with van der Waals surface area (Å²) in [7, 11) is 7.70. The average Bonchev–Trinajstić information content (AvgIpc) is 3.21. The van der Waals surface area contributed by atoms with Crippen molar-refractivity contribution in [2.24, 2.45) is 0 Å². The normalized spacial score (nSPS) is 12.4. The molecule has 0 spiro atoms. The monoisotopic (exact) mass is 438 g/mol. The number of pyridine rings is 1. The van der Waals surface area contributed by atoms with Gasteiger partial charge in [-0.15, -0.1) is 0 Å². The minimum Gasteiger partial charge on any atom is -0.454 e. The van der Waals surface area contributed by atoms with Crippen molar-refractivity contribution >= 4 is 22.6 Å². The van der Waals surface area contributed by atoms with Gasteiger partial charge >= 0.3 is 0 Å². The van der Waals surface area contributed by atoms with Gasteiger partial charge < -0.3 is 24.2 Å². The lowest BCUT2D eigenvalue weighted by molar-refractivity contribution is 0.0727. The van der Waals surface area contributed by atoms with Crippen molar-refractivity contribution in [2.45, 2.75) is 6.54 Å². The molecule has 32 heavy (non-hydrogen) atoms. The number of benzene rings is 2. The predicted molar refractivity (Wildman–Crippen MR) is 122 cm³/mol. The molecule has 0 atom stereocenters. The van der Waals surface area contributed by atoms with Gasteiger partial charge in [-0.1, -0.05) is 12.1 Å². The number of carbonyl (C=O) groups excluding carboxylic acids is 1. The smallest absolute Gasteiger partial charge is 0.257 e. The number of carbonyl (C=O) groups is 1. The number of ether oxygens (including phenoxy) is 2. The molecule has 0 fully saturated rings. The maximum absolute atomic E-state index is 14.4. The molecule has 0 radical (unpaired) electrons. The largest absolute Gasteiger partial charge is 0.454 e. The van der Waals surface area contributed by atoms with Crippen LogP contribution in [0.1, 0.15) is 15.9 Å². The van der Waals surface area contributed by atoms with Gasteiger partial charge in [0.2, 0.25) is 6.79 Å². The molecule has 0 saturated carbocycles. The number of nitrogens with zero attached hydrogens (tertiary/aromatic N) is 4. The lowest BCUT2D eigenvalue weighted by Crippen LogP contribution is -2.37. The number of fused-ring (bicyclic) bond motifs is 2. The maximum Gasteiger partial charge on any atom is 0.257 e. The van der Waals surface area contributed by atoms with E-state index >= 15 is 0 Å². The highest BCUT2D eigenvalue weighted by Gasteiger charge is 2.23. The van der Waals surface area contributed by atoms with Gasteiger partial charge in [-0.3, -0.25) is 4.79 Å². The highest BCUT2D eigenvalue weighted by molar-refractivity contribution is 5.94. The highest BCUT2D eigenvalue weighted by atomic mass is 19.1. The zero-order valence-corrected chi connectivity index (χ0v) is 18.8. The third kappa shape index (κ3) is 4.45. The molecule has 2 aromatic carbocycles. The highest BCUT2D eigenvalue weighted by Crippen LogP contribution is 2.37. The third-order valence-electron chi connectivity index (χ3n) is 5.36. The van der Waals surface area contributed by atoms with Crippen molar-refractivity contribution in [2.75, 3.05) is 53.0 Å². The molecule has 0 saturated heterocycles. The van der Waals surface area contributed by atoms with E-state index in [0.717, 1.165) is 22.3 Å². The van der Waals surface area contributed by atoms with Crippen LogP contribution < -0.4 is 14.4 Å². The summed E-state index contributed by atoms with van der Waals surface area (Å²) >= 11 is 0. The number of hydrogen-bond acceptors (Lipinski definition) is 6. The Balaban J connectivity index is 1.73. The summed E-state index contributed by atoms with van der Waals surface area (Å²) < 4.78 is 25.4. The summed E-state index contributed by atoms with van der Waals surface area (Å²) in [5.41, 5.74) is 1.71. The molecule has 3 aromatic rings.